The summed E-state index contributed by atoms with van der Waals surface area (Å²) in [7, 11) is -4.12. The number of anilines is 1. The summed E-state index contributed by atoms with van der Waals surface area (Å²) in [5, 5.41) is 2.51. The summed E-state index contributed by atoms with van der Waals surface area (Å²) in [6.07, 6.45) is 1.42. The summed E-state index contributed by atoms with van der Waals surface area (Å²) >= 11 is 5.31. The van der Waals surface area contributed by atoms with E-state index in [0.717, 1.165) is 16.7 Å². The predicted octanol–water partition coefficient (Wildman–Crippen LogP) is 6.62. The highest BCUT2D eigenvalue weighted by Crippen LogP contribution is 2.32. The number of nitrogens with zero attached hydrogens (tertiary/aromatic N) is 1. The summed E-state index contributed by atoms with van der Waals surface area (Å²) in [6, 6.07) is 22.1. The van der Waals surface area contributed by atoms with Gasteiger partial charge in [-0.25, -0.2) is 0 Å². The van der Waals surface area contributed by atoms with Crippen LogP contribution in [0.5, 0.6) is 17.2 Å². The normalized spacial score (nSPS) is 14.5. The molecule has 0 unspecified atom stereocenters. The fourth-order valence-electron chi connectivity index (χ4n) is 4.98. The van der Waals surface area contributed by atoms with Crippen LogP contribution in [0.15, 0.2) is 89.3 Å². The fraction of sp³-hybridized carbons (Fsp3) is 0.147. The number of carbonyl (C=O) groups excluding carboxylic acids is 2. The molecule has 1 saturated heterocycles. The molecular weight excluding hydrogens is 597 g/mol. The minimum absolute atomic E-state index is 0.0463. The molecule has 1 N–H and O–H groups in total. The summed E-state index contributed by atoms with van der Waals surface area (Å²) in [4.78, 5) is 27.6. The Morgan fingerprint density at radius 2 is 1.23 bits per heavy atom. The highest BCUT2D eigenvalue weighted by Gasteiger charge is 2.34. The van der Waals surface area contributed by atoms with Gasteiger partial charge in [-0.2, -0.15) is 8.42 Å². The molecule has 0 saturated carbocycles. The third-order valence-electron chi connectivity index (χ3n) is 7.75. The van der Waals surface area contributed by atoms with Gasteiger partial charge in [0.1, 0.15) is 27.7 Å². The number of benzene rings is 4. The molecular formula is C34H30N2O6S2. The van der Waals surface area contributed by atoms with Crippen molar-refractivity contribution < 1.29 is 26.9 Å². The van der Waals surface area contributed by atoms with E-state index in [1.54, 1.807) is 50.2 Å². The van der Waals surface area contributed by atoms with Crippen molar-refractivity contribution in [1.29, 1.82) is 0 Å². The van der Waals surface area contributed by atoms with E-state index in [1.807, 2.05) is 51.1 Å². The first-order valence-corrected chi connectivity index (χ1v) is 15.5. The number of rotatable bonds is 7. The third kappa shape index (κ3) is 5.99. The van der Waals surface area contributed by atoms with Crippen molar-refractivity contribution in [3.63, 3.8) is 0 Å². The second-order valence-corrected chi connectivity index (χ2v) is 12.3. The maximum Gasteiger partial charge on any atom is 0.339 e. The van der Waals surface area contributed by atoms with E-state index >= 15 is 0 Å². The van der Waals surface area contributed by atoms with E-state index in [0.29, 0.717) is 33.9 Å². The van der Waals surface area contributed by atoms with Gasteiger partial charge < -0.3 is 8.92 Å². The first-order valence-electron chi connectivity index (χ1n) is 13.7. The minimum atomic E-state index is -4.12. The monoisotopic (exact) mass is 626 g/mol. The highest BCUT2D eigenvalue weighted by molar-refractivity contribution is 7.87. The maximum absolute atomic E-state index is 13.5. The molecule has 1 aliphatic heterocycles. The predicted molar refractivity (Wildman–Crippen MR) is 174 cm³/mol. The lowest BCUT2D eigenvalue weighted by molar-refractivity contribution is -0.122. The Bertz CT molecular complexity index is 1900. The molecule has 0 bridgehead atoms. The van der Waals surface area contributed by atoms with Gasteiger partial charge in [-0.3, -0.25) is 19.8 Å². The number of para-hydroxylation sites is 1. The molecule has 4 aromatic rings. The Morgan fingerprint density at radius 3 is 1.82 bits per heavy atom. The largest absolute Gasteiger partial charge is 0.457 e. The number of hydrogen-bond acceptors (Lipinski definition) is 7. The van der Waals surface area contributed by atoms with Crippen molar-refractivity contribution in [2.24, 2.45) is 0 Å². The summed E-state index contributed by atoms with van der Waals surface area (Å²) in [6.45, 7) is 9.30. The Kier molecular flexibility index (Phi) is 8.40. The second kappa shape index (κ2) is 12.1. The van der Waals surface area contributed by atoms with Crippen molar-refractivity contribution >= 4 is 51.0 Å². The molecule has 2 amide bonds. The zero-order chi connectivity index (χ0) is 31.8. The molecule has 8 nitrogen and oxygen atoms in total. The first kappa shape index (κ1) is 30.7. The van der Waals surface area contributed by atoms with Crippen molar-refractivity contribution in [2.45, 2.75) is 39.5 Å². The zero-order valence-corrected chi connectivity index (χ0v) is 26.4. The summed E-state index contributed by atoms with van der Waals surface area (Å²) in [5.41, 5.74) is 4.95. The number of hydrogen-bond donors (Lipinski definition) is 1. The number of carbonyl (C=O) groups is 2. The molecule has 0 aliphatic carbocycles. The molecule has 44 heavy (non-hydrogen) atoms. The van der Waals surface area contributed by atoms with Gasteiger partial charge in [-0.1, -0.05) is 30.3 Å². The highest BCUT2D eigenvalue weighted by atomic mass is 32.2. The van der Waals surface area contributed by atoms with Gasteiger partial charge in [0.15, 0.2) is 5.11 Å². The van der Waals surface area contributed by atoms with Gasteiger partial charge in [-0.15, -0.1) is 0 Å². The third-order valence-corrected chi connectivity index (χ3v) is 9.56. The standard InChI is InChI=1S/C34H30N2O6S2/c1-20-21(2)23(4)31(24(5)22(20)3)44(39,40)42-29-15-11-25(12-16-29)19-30-32(37)35-34(43)36(33(30)38)26-13-17-28(18-14-26)41-27-9-7-6-8-10-27/h6-19H,1-5H3,(H,35,37,43). The topological polar surface area (TPSA) is 102 Å². The maximum atomic E-state index is 13.5. The number of ether oxygens (including phenoxy) is 1. The van der Waals surface area contributed by atoms with Crippen molar-refractivity contribution in [3.05, 3.63) is 118 Å². The smallest absolute Gasteiger partial charge is 0.339 e. The molecule has 1 fully saturated rings. The average molecular weight is 627 g/mol. The van der Waals surface area contributed by atoms with Gasteiger partial charge in [0.05, 0.1) is 5.69 Å². The number of amides is 2. The van der Waals surface area contributed by atoms with Gasteiger partial charge in [0.2, 0.25) is 0 Å². The van der Waals surface area contributed by atoms with Gasteiger partial charge in [0, 0.05) is 0 Å². The van der Waals surface area contributed by atoms with Crippen LogP contribution in [0.4, 0.5) is 5.69 Å². The van der Waals surface area contributed by atoms with Crippen LogP contribution in [0.2, 0.25) is 0 Å². The van der Waals surface area contributed by atoms with Crippen LogP contribution < -0.4 is 19.1 Å². The first-order chi connectivity index (χ1) is 20.9. The minimum Gasteiger partial charge on any atom is -0.457 e. The number of thiocarbonyl (C=S) groups is 1. The van der Waals surface area contributed by atoms with E-state index in [4.69, 9.17) is 21.1 Å². The molecule has 4 aromatic carbocycles. The molecule has 5 rings (SSSR count). The van der Waals surface area contributed by atoms with Crippen LogP contribution in [0.3, 0.4) is 0 Å². The molecule has 0 spiro atoms. The molecule has 224 valence electrons. The van der Waals surface area contributed by atoms with Crippen LogP contribution in [0.1, 0.15) is 33.4 Å². The van der Waals surface area contributed by atoms with E-state index in [9.17, 15) is 18.0 Å². The van der Waals surface area contributed by atoms with Crippen LogP contribution in [-0.2, 0) is 19.7 Å². The van der Waals surface area contributed by atoms with Crippen LogP contribution in [0, 0.1) is 34.6 Å². The molecule has 10 heteroatoms. The van der Waals surface area contributed by atoms with Gasteiger partial charge in [0.25, 0.3) is 11.8 Å². The fourth-order valence-corrected chi connectivity index (χ4v) is 6.76. The summed E-state index contributed by atoms with van der Waals surface area (Å²) < 4.78 is 37.9. The van der Waals surface area contributed by atoms with Gasteiger partial charge in [-0.05, 0) is 135 Å². The van der Waals surface area contributed by atoms with Crippen LogP contribution in [-0.4, -0.2) is 25.3 Å². The zero-order valence-electron chi connectivity index (χ0n) is 24.8. The summed E-state index contributed by atoms with van der Waals surface area (Å²) in [5.74, 6) is 0.0925. The molecule has 0 radical (unpaired) electrons. The van der Waals surface area contributed by atoms with Gasteiger partial charge >= 0.3 is 10.1 Å². The van der Waals surface area contributed by atoms with Crippen LogP contribution >= 0.6 is 12.2 Å². The average Bonchev–Trinajstić information content (AvgIpc) is 2.99. The lowest BCUT2D eigenvalue weighted by Crippen LogP contribution is -2.54. The Morgan fingerprint density at radius 1 is 0.705 bits per heavy atom. The quantitative estimate of drug-likeness (QED) is 0.106. The lowest BCUT2D eigenvalue weighted by atomic mass is 9.95. The SMILES string of the molecule is Cc1c(C)c(C)c(S(=O)(=O)Oc2ccc(C=C3C(=O)NC(=S)N(c4ccc(Oc5ccccc5)cc4)C3=O)cc2)c(C)c1C. The van der Waals surface area contributed by atoms with Crippen molar-refractivity contribution in [1.82, 2.24) is 5.32 Å². The van der Waals surface area contributed by atoms with Crippen LogP contribution in [0.25, 0.3) is 6.08 Å². The number of nitrogens with one attached hydrogen (secondary N) is 1. The van der Waals surface area contributed by atoms with E-state index in [1.165, 1.54) is 23.1 Å². The second-order valence-electron chi connectivity index (χ2n) is 10.4. The Hall–Kier alpha value is -4.80. The van der Waals surface area contributed by atoms with Crippen molar-refractivity contribution in [2.75, 3.05) is 4.90 Å². The van der Waals surface area contributed by atoms with E-state index < -0.39 is 21.9 Å². The Labute approximate surface area is 262 Å². The lowest BCUT2D eigenvalue weighted by Gasteiger charge is -2.29. The van der Waals surface area contributed by atoms with E-state index in [2.05, 4.69) is 5.32 Å². The molecule has 0 atom stereocenters. The molecule has 1 heterocycles. The van der Waals surface area contributed by atoms with E-state index in [-0.39, 0.29) is 21.3 Å². The molecule has 0 aromatic heterocycles. The molecule has 1 aliphatic rings. The van der Waals surface area contributed by atoms with Crippen molar-refractivity contribution in [3.8, 4) is 17.2 Å². The Balaban J connectivity index is 1.36.